The van der Waals surface area contributed by atoms with E-state index in [0.29, 0.717) is 0 Å². The number of carboxylic acids is 1. The summed E-state index contributed by atoms with van der Waals surface area (Å²) in [6.45, 7) is 2.15. The first-order valence-electron chi connectivity index (χ1n) is 5.70. The molecular weight excluding hydrogens is 220 g/mol. The van der Waals surface area contributed by atoms with Gasteiger partial charge < -0.3 is 5.11 Å². The van der Waals surface area contributed by atoms with Crippen LogP contribution in [0.3, 0.4) is 0 Å². The Morgan fingerprint density at radius 2 is 2.18 bits per heavy atom. The molecule has 1 rings (SSSR count). The van der Waals surface area contributed by atoms with Gasteiger partial charge in [0.05, 0.1) is 6.42 Å². The molecule has 0 amide bonds. The number of tetrazole rings is 1. The van der Waals surface area contributed by atoms with Crippen LogP contribution in [0.15, 0.2) is 18.5 Å². The molecule has 0 unspecified atom stereocenters. The molecule has 1 aromatic heterocycles. The smallest absolute Gasteiger partial charge is 0.307 e. The highest BCUT2D eigenvalue weighted by molar-refractivity contribution is 5.68. The van der Waals surface area contributed by atoms with Gasteiger partial charge in [0.1, 0.15) is 6.33 Å². The third-order valence-electron chi connectivity index (χ3n) is 1.88. The van der Waals surface area contributed by atoms with E-state index in [1.54, 1.807) is 13.1 Å². The quantitative estimate of drug-likeness (QED) is 0.605. The van der Waals surface area contributed by atoms with Crippen LogP contribution in [-0.2, 0) is 11.8 Å². The predicted octanol–water partition coefficient (Wildman–Crippen LogP) is 1.81. The average molecular weight is 240 g/mol. The van der Waals surface area contributed by atoms with Crippen molar-refractivity contribution in [3.63, 3.8) is 0 Å². The van der Waals surface area contributed by atoms with Gasteiger partial charge in [-0.1, -0.05) is 31.9 Å². The van der Waals surface area contributed by atoms with Crippen LogP contribution in [-0.4, -0.2) is 31.3 Å². The maximum absolute atomic E-state index is 10.0. The van der Waals surface area contributed by atoms with Crippen molar-refractivity contribution in [2.45, 2.75) is 39.0 Å². The van der Waals surface area contributed by atoms with Crippen molar-refractivity contribution in [2.75, 3.05) is 0 Å². The van der Waals surface area contributed by atoms with E-state index >= 15 is 0 Å². The van der Waals surface area contributed by atoms with E-state index in [4.69, 9.17) is 5.11 Å². The average Bonchev–Trinajstić information content (AvgIpc) is 2.75. The van der Waals surface area contributed by atoms with Crippen LogP contribution in [0.4, 0.5) is 0 Å². The van der Waals surface area contributed by atoms with E-state index in [2.05, 4.69) is 22.4 Å². The van der Waals surface area contributed by atoms with Gasteiger partial charge in [-0.05, 0) is 23.3 Å². The summed E-state index contributed by atoms with van der Waals surface area (Å²) in [5, 5.41) is 18.4. The lowest BCUT2D eigenvalue weighted by atomic mass is 10.2. The van der Waals surface area contributed by atoms with Gasteiger partial charge in [0, 0.05) is 7.05 Å². The molecule has 0 fully saturated rings. The van der Waals surface area contributed by atoms with Crippen LogP contribution in [0.1, 0.15) is 39.0 Å². The molecule has 6 heteroatoms. The lowest BCUT2D eigenvalue weighted by molar-refractivity contribution is -0.136. The Labute approximate surface area is 101 Å². The molecule has 17 heavy (non-hydrogen) atoms. The van der Waals surface area contributed by atoms with Crippen molar-refractivity contribution in [1.82, 2.24) is 20.2 Å². The number of hydrogen-bond donors (Lipinski definition) is 1. The highest BCUT2D eigenvalue weighted by Crippen LogP contribution is 1.99. The zero-order valence-electron chi connectivity index (χ0n) is 10.4. The maximum Gasteiger partial charge on any atom is 0.307 e. The normalized spacial score (nSPS) is 10.0. The summed E-state index contributed by atoms with van der Waals surface area (Å²) in [4.78, 5) is 10.0. The van der Waals surface area contributed by atoms with Crippen molar-refractivity contribution >= 4 is 5.97 Å². The SMILES string of the molecule is CCCCCC=CCC(=O)O.Cn1cnnn1. The number of aliphatic carboxylic acids is 1. The number of nitrogens with zero attached hydrogens (tertiary/aromatic N) is 4. The van der Waals surface area contributed by atoms with Gasteiger partial charge in [-0.2, -0.15) is 0 Å². The fourth-order valence-corrected chi connectivity index (χ4v) is 1.02. The molecule has 0 spiro atoms. The van der Waals surface area contributed by atoms with Crippen LogP contribution in [0.25, 0.3) is 0 Å². The largest absolute Gasteiger partial charge is 0.481 e. The highest BCUT2D eigenvalue weighted by Gasteiger charge is 1.88. The predicted molar refractivity (Wildman–Crippen MR) is 64.3 cm³/mol. The molecule has 0 radical (unpaired) electrons. The minimum Gasteiger partial charge on any atom is -0.481 e. The summed E-state index contributed by atoms with van der Waals surface area (Å²) < 4.78 is 1.53. The molecule has 96 valence electrons. The molecule has 0 bridgehead atoms. The summed E-state index contributed by atoms with van der Waals surface area (Å²) in [5.41, 5.74) is 0. The van der Waals surface area contributed by atoms with E-state index in [-0.39, 0.29) is 6.42 Å². The Bertz CT molecular complexity index is 309. The van der Waals surface area contributed by atoms with Gasteiger partial charge in [0.15, 0.2) is 0 Å². The second kappa shape index (κ2) is 10.8. The van der Waals surface area contributed by atoms with Crippen LogP contribution < -0.4 is 0 Å². The number of aryl methyl sites for hydroxylation is 1. The zero-order valence-corrected chi connectivity index (χ0v) is 10.4. The van der Waals surface area contributed by atoms with Gasteiger partial charge in [0.25, 0.3) is 0 Å². The van der Waals surface area contributed by atoms with Gasteiger partial charge in [-0.15, -0.1) is 5.10 Å². The molecule has 0 saturated heterocycles. The molecule has 6 nitrogen and oxygen atoms in total. The van der Waals surface area contributed by atoms with E-state index in [9.17, 15) is 4.79 Å². The second-order valence-corrected chi connectivity index (χ2v) is 3.55. The van der Waals surface area contributed by atoms with Crippen molar-refractivity contribution < 1.29 is 9.90 Å². The summed E-state index contributed by atoms with van der Waals surface area (Å²) >= 11 is 0. The van der Waals surface area contributed by atoms with Crippen molar-refractivity contribution in [3.8, 4) is 0 Å². The van der Waals surface area contributed by atoms with E-state index in [0.717, 1.165) is 6.42 Å². The Morgan fingerprint density at radius 1 is 1.41 bits per heavy atom. The summed E-state index contributed by atoms with van der Waals surface area (Å²) in [7, 11) is 1.76. The minimum atomic E-state index is -0.753. The van der Waals surface area contributed by atoms with Gasteiger partial charge >= 0.3 is 5.97 Å². The van der Waals surface area contributed by atoms with E-state index in [1.807, 2.05) is 6.08 Å². The Hall–Kier alpha value is -1.72. The monoisotopic (exact) mass is 240 g/mol. The van der Waals surface area contributed by atoms with Gasteiger partial charge in [-0.25, -0.2) is 4.68 Å². The summed E-state index contributed by atoms with van der Waals surface area (Å²) in [6, 6.07) is 0. The van der Waals surface area contributed by atoms with E-state index in [1.165, 1.54) is 30.3 Å². The minimum absolute atomic E-state index is 0.159. The maximum atomic E-state index is 10.0. The molecule has 0 atom stereocenters. The molecule has 0 saturated carbocycles. The Morgan fingerprint density at radius 3 is 2.59 bits per heavy atom. The number of allylic oxidation sites excluding steroid dienone is 1. The fraction of sp³-hybridized carbons (Fsp3) is 0.636. The van der Waals surface area contributed by atoms with Crippen LogP contribution in [0.2, 0.25) is 0 Å². The lowest BCUT2D eigenvalue weighted by Gasteiger charge is -1.90. The van der Waals surface area contributed by atoms with Crippen LogP contribution in [0.5, 0.6) is 0 Å². The topological polar surface area (TPSA) is 80.9 Å². The number of carboxylic acid groups (broad SMARTS) is 1. The molecular formula is C11H20N4O2. The lowest BCUT2D eigenvalue weighted by Crippen LogP contribution is -1.89. The number of rotatable bonds is 6. The molecule has 0 aliphatic heterocycles. The van der Waals surface area contributed by atoms with Crippen LogP contribution >= 0.6 is 0 Å². The standard InChI is InChI=1S/C9H16O2.C2H4N4/c1-2-3-4-5-6-7-8-9(10)11;1-6-2-3-4-5-6/h6-7H,2-5,8H2,1H3,(H,10,11);2H,1H3. The number of hydrogen-bond acceptors (Lipinski definition) is 4. The van der Waals surface area contributed by atoms with Crippen molar-refractivity contribution in [3.05, 3.63) is 18.5 Å². The van der Waals surface area contributed by atoms with Crippen molar-refractivity contribution in [1.29, 1.82) is 0 Å². The molecule has 1 aromatic rings. The third-order valence-corrected chi connectivity index (χ3v) is 1.88. The van der Waals surface area contributed by atoms with E-state index < -0.39 is 5.97 Å². The first-order chi connectivity index (χ1) is 8.16. The number of carbonyl (C=O) groups is 1. The summed E-state index contributed by atoms with van der Waals surface area (Å²) in [5.74, 6) is -0.753. The number of unbranched alkanes of at least 4 members (excludes halogenated alkanes) is 3. The summed E-state index contributed by atoms with van der Waals surface area (Å²) in [6.07, 6.45) is 9.99. The number of aromatic nitrogens is 4. The fourth-order valence-electron chi connectivity index (χ4n) is 1.02. The molecule has 1 heterocycles. The molecule has 1 N–H and O–H groups in total. The second-order valence-electron chi connectivity index (χ2n) is 3.55. The Kier molecular flexibility index (Phi) is 9.70. The first-order valence-corrected chi connectivity index (χ1v) is 5.70. The van der Waals surface area contributed by atoms with Gasteiger partial charge in [-0.3, -0.25) is 4.79 Å². The Balaban J connectivity index is 0.000000354. The third kappa shape index (κ3) is 12.2. The molecule has 0 aliphatic rings. The highest BCUT2D eigenvalue weighted by atomic mass is 16.4. The van der Waals surface area contributed by atoms with Gasteiger partial charge in [0.2, 0.25) is 0 Å². The van der Waals surface area contributed by atoms with Crippen molar-refractivity contribution in [2.24, 2.45) is 7.05 Å². The van der Waals surface area contributed by atoms with Crippen LogP contribution in [0, 0.1) is 0 Å². The first kappa shape index (κ1) is 15.3. The molecule has 0 aromatic carbocycles. The zero-order chi connectivity index (χ0) is 12.9. The molecule has 0 aliphatic carbocycles.